The van der Waals surface area contributed by atoms with Gasteiger partial charge in [0.25, 0.3) is 0 Å². The monoisotopic (exact) mass is 270 g/mol. The van der Waals surface area contributed by atoms with E-state index in [0.717, 1.165) is 22.0 Å². The van der Waals surface area contributed by atoms with Gasteiger partial charge in [-0.15, -0.1) is 12.4 Å². The number of benzene rings is 2. The minimum Gasteiger partial charge on any atom is -0.383 e. The van der Waals surface area contributed by atoms with Crippen LogP contribution < -0.4 is 5.73 Å². The van der Waals surface area contributed by atoms with Crippen molar-refractivity contribution in [2.75, 3.05) is 5.73 Å². The number of nitrogen functional groups attached to an aromatic ring is 1. The third-order valence-corrected chi connectivity index (χ3v) is 3.08. The Hall–Kier alpha value is -2.06. The van der Waals surface area contributed by atoms with Gasteiger partial charge in [-0.25, -0.2) is 4.98 Å². The van der Waals surface area contributed by atoms with E-state index in [0.29, 0.717) is 5.82 Å². The lowest BCUT2D eigenvalue weighted by Crippen LogP contribution is -1.94. The molecule has 0 atom stereocenters. The number of nitrogens with zero attached hydrogens (tertiary/aromatic N) is 1. The molecule has 3 heteroatoms. The van der Waals surface area contributed by atoms with Crippen LogP contribution in [-0.2, 0) is 0 Å². The Labute approximate surface area is 118 Å². The molecule has 19 heavy (non-hydrogen) atoms. The van der Waals surface area contributed by atoms with E-state index in [1.54, 1.807) is 0 Å². The predicted molar refractivity (Wildman–Crippen MR) is 83.6 cm³/mol. The fraction of sp³-hybridized carbons (Fsp3) is 0.0625. The van der Waals surface area contributed by atoms with Crippen molar-refractivity contribution in [2.24, 2.45) is 0 Å². The Morgan fingerprint density at radius 3 is 2.53 bits per heavy atom. The maximum absolute atomic E-state index is 6.02. The van der Waals surface area contributed by atoms with Gasteiger partial charge in [0, 0.05) is 10.9 Å². The average Bonchev–Trinajstić information content (AvgIpc) is 2.39. The summed E-state index contributed by atoms with van der Waals surface area (Å²) >= 11 is 0. The number of aromatic nitrogens is 1. The molecule has 2 nitrogen and oxygen atoms in total. The maximum atomic E-state index is 6.02. The molecule has 1 heterocycles. The van der Waals surface area contributed by atoms with E-state index in [1.165, 1.54) is 5.56 Å². The first-order valence-corrected chi connectivity index (χ1v) is 5.96. The second-order valence-corrected chi connectivity index (χ2v) is 4.48. The summed E-state index contributed by atoms with van der Waals surface area (Å²) in [5.74, 6) is 0.588. The van der Waals surface area contributed by atoms with Gasteiger partial charge in [-0.1, -0.05) is 48.0 Å². The van der Waals surface area contributed by atoms with Crippen LogP contribution >= 0.6 is 12.4 Å². The number of fused-ring (bicyclic) bond motifs is 1. The average molecular weight is 271 g/mol. The second kappa shape index (κ2) is 5.29. The SMILES string of the molecule is Cc1cccc(-c2cc3ccccc3c(N)n2)c1.Cl. The highest BCUT2D eigenvalue weighted by Crippen LogP contribution is 2.26. The van der Waals surface area contributed by atoms with Gasteiger partial charge >= 0.3 is 0 Å². The van der Waals surface area contributed by atoms with Crippen LogP contribution in [-0.4, -0.2) is 4.98 Å². The molecule has 0 spiro atoms. The normalized spacial score (nSPS) is 10.2. The van der Waals surface area contributed by atoms with E-state index in [9.17, 15) is 0 Å². The van der Waals surface area contributed by atoms with Crippen LogP contribution in [0.5, 0.6) is 0 Å². The fourth-order valence-corrected chi connectivity index (χ4v) is 2.18. The summed E-state index contributed by atoms with van der Waals surface area (Å²) in [5, 5.41) is 2.13. The van der Waals surface area contributed by atoms with E-state index in [2.05, 4.69) is 42.2 Å². The summed E-state index contributed by atoms with van der Waals surface area (Å²) in [6, 6.07) is 18.4. The lowest BCUT2D eigenvalue weighted by atomic mass is 10.1. The van der Waals surface area contributed by atoms with Gasteiger partial charge in [0.15, 0.2) is 0 Å². The first-order chi connectivity index (χ1) is 8.74. The molecule has 0 radical (unpaired) electrons. The molecule has 0 unspecified atom stereocenters. The van der Waals surface area contributed by atoms with Gasteiger partial charge in [-0.05, 0) is 24.4 Å². The number of halogens is 1. The van der Waals surface area contributed by atoms with Gasteiger partial charge < -0.3 is 5.73 Å². The summed E-state index contributed by atoms with van der Waals surface area (Å²) in [5.41, 5.74) is 9.27. The molecule has 0 bridgehead atoms. The smallest absolute Gasteiger partial charge is 0.131 e. The third kappa shape index (κ3) is 2.54. The van der Waals surface area contributed by atoms with E-state index < -0.39 is 0 Å². The lowest BCUT2D eigenvalue weighted by Gasteiger charge is -2.07. The van der Waals surface area contributed by atoms with Crippen LogP contribution in [0.3, 0.4) is 0 Å². The summed E-state index contributed by atoms with van der Waals surface area (Å²) < 4.78 is 0. The summed E-state index contributed by atoms with van der Waals surface area (Å²) in [4.78, 5) is 4.49. The number of pyridine rings is 1. The highest BCUT2D eigenvalue weighted by molar-refractivity contribution is 5.93. The van der Waals surface area contributed by atoms with Crippen LogP contribution in [0.25, 0.3) is 22.0 Å². The lowest BCUT2D eigenvalue weighted by molar-refractivity contribution is 1.35. The number of aryl methyl sites for hydroxylation is 1. The van der Waals surface area contributed by atoms with E-state index in [1.807, 2.05) is 24.3 Å². The summed E-state index contributed by atoms with van der Waals surface area (Å²) in [6.45, 7) is 2.08. The van der Waals surface area contributed by atoms with Gasteiger partial charge in [0.05, 0.1) is 5.69 Å². The van der Waals surface area contributed by atoms with Crippen LogP contribution in [0.15, 0.2) is 54.6 Å². The molecule has 0 saturated carbocycles. The number of rotatable bonds is 1. The molecule has 3 aromatic rings. The Balaban J connectivity index is 0.00000133. The number of nitrogens with two attached hydrogens (primary N) is 1. The zero-order chi connectivity index (χ0) is 12.5. The molecule has 0 aliphatic heterocycles. The Kier molecular flexibility index (Phi) is 3.72. The molecule has 0 fully saturated rings. The molecule has 0 amide bonds. The van der Waals surface area contributed by atoms with Crippen LogP contribution in [0.2, 0.25) is 0 Å². The highest BCUT2D eigenvalue weighted by atomic mass is 35.5. The van der Waals surface area contributed by atoms with Crippen LogP contribution in [0.4, 0.5) is 5.82 Å². The van der Waals surface area contributed by atoms with E-state index >= 15 is 0 Å². The summed E-state index contributed by atoms with van der Waals surface area (Å²) in [7, 11) is 0. The topological polar surface area (TPSA) is 38.9 Å². The standard InChI is InChI=1S/C16H14N2.ClH/c1-11-5-4-7-13(9-11)15-10-12-6-2-3-8-14(12)16(17)18-15;/h2-10H,1H3,(H2,17,18);1H. The second-order valence-electron chi connectivity index (χ2n) is 4.48. The number of anilines is 1. The zero-order valence-corrected chi connectivity index (χ0v) is 11.4. The molecular weight excluding hydrogens is 256 g/mol. The quantitative estimate of drug-likeness (QED) is 0.719. The minimum absolute atomic E-state index is 0. The van der Waals surface area contributed by atoms with Crippen molar-refractivity contribution >= 4 is 29.0 Å². The van der Waals surface area contributed by atoms with Crippen molar-refractivity contribution < 1.29 is 0 Å². The Morgan fingerprint density at radius 2 is 1.74 bits per heavy atom. The molecule has 1 aromatic heterocycles. The van der Waals surface area contributed by atoms with Crippen molar-refractivity contribution in [2.45, 2.75) is 6.92 Å². The Bertz CT molecular complexity index is 723. The van der Waals surface area contributed by atoms with Crippen LogP contribution in [0, 0.1) is 6.92 Å². The molecule has 2 N–H and O–H groups in total. The third-order valence-electron chi connectivity index (χ3n) is 3.08. The summed E-state index contributed by atoms with van der Waals surface area (Å²) in [6.07, 6.45) is 0. The van der Waals surface area contributed by atoms with Gasteiger partial charge in [-0.3, -0.25) is 0 Å². The first-order valence-electron chi connectivity index (χ1n) is 5.96. The van der Waals surface area contributed by atoms with Crippen molar-refractivity contribution in [1.29, 1.82) is 0 Å². The molecule has 2 aromatic carbocycles. The Morgan fingerprint density at radius 1 is 0.947 bits per heavy atom. The van der Waals surface area contributed by atoms with E-state index in [-0.39, 0.29) is 12.4 Å². The van der Waals surface area contributed by atoms with Crippen molar-refractivity contribution in [3.05, 3.63) is 60.2 Å². The first kappa shape index (κ1) is 13.4. The fourth-order valence-electron chi connectivity index (χ4n) is 2.18. The van der Waals surface area contributed by atoms with E-state index in [4.69, 9.17) is 5.73 Å². The molecular formula is C16H15ClN2. The molecule has 0 aliphatic rings. The molecule has 3 rings (SSSR count). The molecule has 0 aliphatic carbocycles. The zero-order valence-electron chi connectivity index (χ0n) is 10.6. The highest BCUT2D eigenvalue weighted by Gasteiger charge is 2.04. The molecule has 96 valence electrons. The van der Waals surface area contributed by atoms with Crippen molar-refractivity contribution in [3.8, 4) is 11.3 Å². The maximum Gasteiger partial charge on any atom is 0.131 e. The number of hydrogen-bond acceptors (Lipinski definition) is 2. The van der Waals surface area contributed by atoms with Crippen LogP contribution in [0.1, 0.15) is 5.56 Å². The van der Waals surface area contributed by atoms with Gasteiger partial charge in [-0.2, -0.15) is 0 Å². The van der Waals surface area contributed by atoms with Gasteiger partial charge in [0.2, 0.25) is 0 Å². The predicted octanol–water partition coefficient (Wildman–Crippen LogP) is 4.21. The number of hydrogen-bond donors (Lipinski definition) is 1. The van der Waals surface area contributed by atoms with Crippen molar-refractivity contribution in [1.82, 2.24) is 4.98 Å². The minimum atomic E-state index is 0. The molecule has 0 saturated heterocycles. The largest absolute Gasteiger partial charge is 0.383 e. The van der Waals surface area contributed by atoms with Gasteiger partial charge in [0.1, 0.15) is 5.82 Å². The van der Waals surface area contributed by atoms with Crippen molar-refractivity contribution in [3.63, 3.8) is 0 Å².